The van der Waals surface area contributed by atoms with Crippen molar-refractivity contribution < 1.29 is 37.0 Å². The van der Waals surface area contributed by atoms with Crippen LogP contribution in [0.4, 0.5) is 18.9 Å². The Bertz CT molecular complexity index is 850. The maximum Gasteiger partial charge on any atom is 0.573 e. The molecule has 1 atom stereocenters. The zero-order valence-electron chi connectivity index (χ0n) is 15.3. The van der Waals surface area contributed by atoms with Gasteiger partial charge in [-0.15, -0.1) is 13.2 Å². The summed E-state index contributed by atoms with van der Waals surface area (Å²) in [5.41, 5.74) is 1.29. The predicted molar refractivity (Wildman–Crippen MR) is 94.4 cm³/mol. The van der Waals surface area contributed by atoms with Crippen molar-refractivity contribution in [2.24, 2.45) is 0 Å². The molecule has 2 rings (SSSR count). The van der Waals surface area contributed by atoms with E-state index in [2.05, 4.69) is 10.1 Å². The van der Waals surface area contributed by atoms with Crippen LogP contribution in [0.25, 0.3) is 0 Å². The van der Waals surface area contributed by atoms with E-state index in [1.165, 1.54) is 14.0 Å². The molecule has 150 valence electrons. The third-order valence-corrected chi connectivity index (χ3v) is 3.59. The lowest BCUT2D eigenvalue weighted by Gasteiger charge is -2.16. The molecule has 0 spiro atoms. The van der Waals surface area contributed by atoms with Crippen LogP contribution >= 0.6 is 0 Å². The van der Waals surface area contributed by atoms with Gasteiger partial charge >= 0.3 is 12.3 Å². The highest BCUT2D eigenvalue weighted by Gasteiger charge is 2.31. The van der Waals surface area contributed by atoms with Gasteiger partial charge in [0.15, 0.2) is 6.10 Å². The molecule has 9 heteroatoms. The lowest BCUT2D eigenvalue weighted by molar-refractivity contribution is -0.274. The summed E-state index contributed by atoms with van der Waals surface area (Å²) in [7, 11) is 1.45. The van der Waals surface area contributed by atoms with Gasteiger partial charge in [0.05, 0.1) is 18.4 Å². The van der Waals surface area contributed by atoms with E-state index in [-0.39, 0.29) is 5.56 Å². The minimum Gasteiger partial charge on any atom is -0.495 e. The van der Waals surface area contributed by atoms with E-state index < -0.39 is 30.1 Å². The molecule has 0 bridgehead atoms. The summed E-state index contributed by atoms with van der Waals surface area (Å²) in [4.78, 5) is 24.4. The van der Waals surface area contributed by atoms with Gasteiger partial charge in [-0.05, 0) is 55.8 Å². The summed E-state index contributed by atoms with van der Waals surface area (Å²) >= 11 is 0. The molecule has 2 aromatic rings. The van der Waals surface area contributed by atoms with E-state index in [4.69, 9.17) is 9.47 Å². The van der Waals surface area contributed by atoms with Crippen molar-refractivity contribution in [2.75, 3.05) is 12.4 Å². The summed E-state index contributed by atoms with van der Waals surface area (Å²) < 4.78 is 50.4. The van der Waals surface area contributed by atoms with Crippen LogP contribution in [0, 0.1) is 6.92 Å². The molecule has 0 fully saturated rings. The first-order chi connectivity index (χ1) is 13.1. The number of amides is 1. The second-order valence-corrected chi connectivity index (χ2v) is 5.81. The topological polar surface area (TPSA) is 73.9 Å². The molecule has 2 aromatic carbocycles. The van der Waals surface area contributed by atoms with E-state index in [0.717, 1.165) is 29.8 Å². The van der Waals surface area contributed by atoms with Crippen molar-refractivity contribution >= 4 is 17.6 Å². The number of carbonyl (C=O) groups excluding carboxylic acids is 2. The fourth-order valence-corrected chi connectivity index (χ4v) is 2.23. The molecule has 0 heterocycles. The molecule has 6 nitrogen and oxygen atoms in total. The van der Waals surface area contributed by atoms with Gasteiger partial charge in [-0.3, -0.25) is 4.79 Å². The minimum atomic E-state index is -4.83. The number of benzene rings is 2. The van der Waals surface area contributed by atoms with E-state index >= 15 is 0 Å². The predicted octanol–water partition coefficient (Wildman–Crippen LogP) is 4.09. The molecule has 1 amide bonds. The number of esters is 1. The largest absolute Gasteiger partial charge is 0.573 e. The zero-order chi connectivity index (χ0) is 20.9. The summed E-state index contributed by atoms with van der Waals surface area (Å²) in [6.07, 6.45) is -5.98. The molecule has 0 aliphatic carbocycles. The molecule has 28 heavy (non-hydrogen) atoms. The number of nitrogens with one attached hydrogen (secondary N) is 1. The fraction of sp³-hybridized carbons (Fsp3) is 0.263. The summed E-state index contributed by atoms with van der Waals surface area (Å²) in [5.74, 6) is -1.48. The van der Waals surface area contributed by atoms with Gasteiger partial charge in [-0.1, -0.05) is 6.07 Å². The normalized spacial score (nSPS) is 12.1. The van der Waals surface area contributed by atoms with Crippen LogP contribution in [-0.2, 0) is 9.53 Å². The van der Waals surface area contributed by atoms with Gasteiger partial charge in [0.25, 0.3) is 5.91 Å². The Morgan fingerprint density at radius 2 is 1.71 bits per heavy atom. The van der Waals surface area contributed by atoms with Crippen LogP contribution in [0.15, 0.2) is 42.5 Å². The molecule has 1 N–H and O–H groups in total. The van der Waals surface area contributed by atoms with Crippen LogP contribution in [0.5, 0.6) is 11.5 Å². The van der Waals surface area contributed by atoms with Gasteiger partial charge in [-0.2, -0.15) is 0 Å². The van der Waals surface area contributed by atoms with Gasteiger partial charge in [0.1, 0.15) is 11.5 Å². The molecule has 0 saturated carbocycles. The van der Waals surface area contributed by atoms with Gasteiger partial charge < -0.3 is 19.5 Å². The van der Waals surface area contributed by atoms with Gasteiger partial charge in [-0.25, -0.2) is 4.79 Å². The second kappa shape index (κ2) is 8.64. The van der Waals surface area contributed by atoms with Crippen LogP contribution in [0.3, 0.4) is 0 Å². The SMILES string of the molecule is COc1ccc(C)cc1NC(=O)[C@H](C)OC(=O)c1ccc(OC(F)(F)F)cc1. The maximum atomic E-state index is 12.3. The molecule has 0 saturated heterocycles. The standard InChI is InChI=1S/C19H18F3NO5/c1-11-4-9-16(26-3)15(10-11)23-17(24)12(2)27-18(25)13-5-7-14(8-6-13)28-19(20,21)22/h4-10,12H,1-3H3,(H,23,24)/t12-/m0/s1. The van der Waals surface area contributed by atoms with E-state index in [1.54, 1.807) is 12.1 Å². The van der Waals surface area contributed by atoms with Crippen molar-refractivity contribution in [3.05, 3.63) is 53.6 Å². The lowest BCUT2D eigenvalue weighted by atomic mass is 10.2. The Morgan fingerprint density at radius 1 is 1.07 bits per heavy atom. The number of hydrogen-bond acceptors (Lipinski definition) is 5. The first-order valence-electron chi connectivity index (χ1n) is 8.11. The third-order valence-electron chi connectivity index (χ3n) is 3.59. The van der Waals surface area contributed by atoms with Crippen molar-refractivity contribution in [2.45, 2.75) is 26.3 Å². The van der Waals surface area contributed by atoms with Gasteiger partial charge in [0.2, 0.25) is 0 Å². The van der Waals surface area contributed by atoms with Crippen LogP contribution in [0.1, 0.15) is 22.8 Å². The minimum absolute atomic E-state index is 0.0256. The third kappa shape index (κ3) is 5.90. The first kappa shape index (κ1) is 21.1. The zero-order valence-corrected chi connectivity index (χ0v) is 15.3. The van der Waals surface area contributed by atoms with Crippen LogP contribution in [-0.4, -0.2) is 31.5 Å². The van der Waals surface area contributed by atoms with E-state index in [0.29, 0.717) is 11.4 Å². The second-order valence-electron chi connectivity index (χ2n) is 5.81. The highest BCUT2D eigenvalue weighted by molar-refractivity contribution is 5.98. The maximum absolute atomic E-state index is 12.3. The number of rotatable bonds is 6. The van der Waals surface area contributed by atoms with Crippen LogP contribution < -0.4 is 14.8 Å². The highest BCUT2D eigenvalue weighted by Crippen LogP contribution is 2.26. The Morgan fingerprint density at radius 3 is 2.29 bits per heavy atom. The monoisotopic (exact) mass is 397 g/mol. The molecule has 0 aliphatic heterocycles. The van der Waals surface area contributed by atoms with E-state index in [9.17, 15) is 22.8 Å². The Hall–Kier alpha value is -3.23. The molecule has 0 aromatic heterocycles. The number of ether oxygens (including phenoxy) is 3. The number of carbonyl (C=O) groups is 2. The van der Waals surface area contributed by atoms with Crippen molar-refractivity contribution in [1.29, 1.82) is 0 Å². The van der Waals surface area contributed by atoms with Crippen molar-refractivity contribution in [3.63, 3.8) is 0 Å². The van der Waals surface area contributed by atoms with Crippen molar-refractivity contribution in [3.8, 4) is 11.5 Å². The lowest BCUT2D eigenvalue weighted by Crippen LogP contribution is -2.30. The van der Waals surface area contributed by atoms with E-state index in [1.807, 2.05) is 13.0 Å². The number of anilines is 1. The summed E-state index contributed by atoms with van der Waals surface area (Å²) in [6, 6.07) is 9.37. The number of alkyl halides is 3. The fourth-order valence-electron chi connectivity index (χ4n) is 2.23. The molecular weight excluding hydrogens is 379 g/mol. The van der Waals surface area contributed by atoms with Gasteiger partial charge in [0, 0.05) is 0 Å². The van der Waals surface area contributed by atoms with Crippen LogP contribution in [0.2, 0.25) is 0 Å². The molecular formula is C19H18F3NO5. The Balaban J connectivity index is 2.00. The molecule has 0 aliphatic rings. The number of halogens is 3. The number of methoxy groups -OCH3 is 1. The number of aryl methyl sites for hydroxylation is 1. The average Bonchev–Trinajstić information content (AvgIpc) is 2.61. The smallest absolute Gasteiger partial charge is 0.495 e. The highest BCUT2D eigenvalue weighted by atomic mass is 19.4. The summed E-state index contributed by atoms with van der Waals surface area (Å²) in [5, 5.41) is 2.61. The molecule has 0 unspecified atom stereocenters. The summed E-state index contributed by atoms with van der Waals surface area (Å²) in [6.45, 7) is 3.21. The Kier molecular flexibility index (Phi) is 6.50. The average molecular weight is 397 g/mol. The Labute approximate surface area is 159 Å². The van der Waals surface area contributed by atoms with Crippen molar-refractivity contribution in [1.82, 2.24) is 0 Å². The molecule has 0 radical (unpaired) electrons. The first-order valence-corrected chi connectivity index (χ1v) is 8.11. The quantitative estimate of drug-likeness (QED) is 0.744. The number of hydrogen-bond donors (Lipinski definition) is 1.